The minimum absolute atomic E-state index is 0.00828. The van der Waals surface area contributed by atoms with Gasteiger partial charge in [-0.2, -0.15) is 0 Å². The Morgan fingerprint density at radius 1 is 1.10 bits per heavy atom. The molecule has 0 aromatic heterocycles. The number of halogens is 1. The molecular weight excluding hydrogens is 373 g/mol. The van der Waals surface area contributed by atoms with E-state index in [-0.39, 0.29) is 17.5 Å². The van der Waals surface area contributed by atoms with Gasteiger partial charge in [0.2, 0.25) is 0 Å². The second-order valence-electron chi connectivity index (χ2n) is 7.37. The van der Waals surface area contributed by atoms with Gasteiger partial charge in [0, 0.05) is 37.2 Å². The molecule has 1 aliphatic heterocycles. The fourth-order valence-electron chi connectivity index (χ4n) is 3.93. The van der Waals surface area contributed by atoms with Crippen molar-refractivity contribution in [2.24, 2.45) is 5.92 Å². The van der Waals surface area contributed by atoms with Crippen molar-refractivity contribution < 1.29 is 23.4 Å². The molecule has 0 amide bonds. The van der Waals surface area contributed by atoms with E-state index in [2.05, 4.69) is 11.0 Å². The zero-order valence-electron chi connectivity index (χ0n) is 17.2. The number of carbonyl (C=O) groups excluding carboxylic acids is 1. The molecule has 1 saturated heterocycles. The summed E-state index contributed by atoms with van der Waals surface area (Å²) in [5.74, 6) is 0.316. The summed E-state index contributed by atoms with van der Waals surface area (Å²) in [5.41, 5.74) is 2.56. The first kappa shape index (κ1) is 21.3. The van der Waals surface area contributed by atoms with E-state index in [0.717, 1.165) is 42.8 Å². The van der Waals surface area contributed by atoms with Crippen LogP contribution in [0.25, 0.3) is 0 Å². The third kappa shape index (κ3) is 5.14. The molecule has 0 N–H and O–H groups in total. The topological polar surface area (TPSA) is 48.0 Å². The van der Waals surface area contributed by atoms with Gasteiger partial charge in [0.05, 0.1) is 20.8 Å². The van der Waals surface area contributed by atoms with Gasteiger partial charge in [0.15, 0.2) is 17.3 Å². The second-order valence-corrected chi connectivity index (χ2v) is 7.37. The van der Waals surface area contributed by atoms with Crippen molar-refractivity contribution in [1.82, 2.24) is 4.90 Å². The lowest BCUT2D eigenvalue weighted by molar-refractivity contribution is 0.0811. The van der Waals surface area contributed by atoms with E-state index in [0.29, 0.717) is 18.7 Å². The molecule has 6 heteroatoms. The molecule has 1 fully saturated rings. The third-order valence-electron chi connectivity index (χ3n) is 5.36. The first-order chi connectivity index (χ1) is 14.0. The number of piperidine rings is 1. The van der Waals surface area contributed by atoms with Crippen molar-refractivity contribution in [2.75, 3.05) is 34.4 Å². The normalized spacial score (nSPS) is 17.2. The molecule has 2 aromatic rings. The maximum atomic E-state index is 14.0. The number of ether oxygens (including phenoxy) is 3. The number of Topliss-reactive ketones (excluding diaryl/α,β-unsaturated/α-hetero) is 1. The first-order valence-corrected chi connectivity index (χ1v) is 9.80. The van der Waals surface area contributed by atoms with Crippen LogP contribution in [-0.4, -0.2) is 45.1 Å². The Balaban J connectivity index is 1.68. The zero-order chi connectivity index (χ0) is 20.8. The van der Waals surface area contributed by atoms with Crippen LogP contribution in [0.4, 0.5) is 4.39 Å². The molecule has 0 spiro atoms. The van der Waals surface area contributed by atoms with Crippen LogP contribution in [0, 0.1) is 11.7 Å². The summed E-state index contributed by atoms with van der Waals surface area (Å²) in [6, 6.07) is 10.5. The largest absolute Gasteiger partial charge is 0.496 e. The van der Waals surface area contributed by atoms with E-state index in [1.54, 1.807) is 20.3 Å². The SMILES string of the molecule is COCc1cc(CN2CCC[C@@H](C(=O)c3ccc(OC)c(F)c3)C2)ccc1OC. The quantitative estimate of drug-likeness (QED) is 0.624. The molecule has 156 valence electrons. The highest BCUT2D eigenvalue weighted by Gasteiger charge is 2.27. The molecule has 3 rings (SSSR count). The summed E-state index contributed by atoms with van der Waals surface area (Å²) < 4.78 is 29.6. The van der Waals surface area contributed by atoms with Gasteiger partial charge in [-0.3, -0.25) is 9.69 Å². The zero-order valence-corrected chi connectivity index (χ0v) is 17.2. The van der Waals surface area contributed by atoms with Crippen LogP contribution >= 0.6 is 0 Å². The molecule has 0 bridgehead atoms. The highest BCUT2D eigenvalue weighted by atomic mass is 19.1. The highest BCUT2D eigenvalue weighted by molar-refractivity contribution is 5.98. The number of likely N-dealkylation sites (tertiary alicyclic amines) is 1. The standard InChI is InChI=1S/C23H28FNO4/c1-27-15-19-11-16(6-8-21(19)28-2)13-25-10-4-5-18(14-25)23(26)17-7-9-22(29-3)20(24)12-17/h6-9,11-12,18H,4-5,10,13-15H2,1-3H3/t18-/m1/s1. The number of hydrogen-bond donors (Lipinski definition) is 0. The van der Waals surface area contributed by atoms with Gasteiger partial charge >= 0.3 is 0 Å². The Labute approximate surface area is 171 Å². The van der Waals surface area contributed by atoms with E-state index in [1.807, 2.05) is 12.1 Å². The van der Waals surface area contributed by atoms with Crippen molar-refractivity contribution in [2.45, 2.75) is 26.0 Å². The van der Waals surface area contributed by atoms with Gasteiger partial charge in [0.25, 0.3) is 0 Å². The molecule has 1 aliphatic rings. The Morgan fingerprint density at radius 3 is 2.55 bits per heavy atom. The Kier molecular flexibility index (Phi) is 7.23. The summed E-state index contributed by atoms with van der Waals surface area (Å²) in [5, 5.41) is 0. The number of ketones is 1. The number of benzene rings is 2. The lowest BCUT2D eigenvalue weighted by Crippen LogP contribution is -2.38. The van der Waals surface area contributed by atoms with Crippen molar-refractivity contribution in [3.63, 3.8) is 0 Å². The van der Waals surface area contributed by atoms with Gasteiger partial charge in [-0.25, -0.2) is 4.39 Å². The third-order valence-corrected chi connectivity index (χ3v) is 5.36. The summed E-state index contributed by atoms with van der Waals surface area (Å²) in [7, 11) is 4.72. The first-order valence-electron chi connectivity index (χ1n) is 9.80. The van der Waals surface area contributed by atoms with Crippen molar-refractivity contribution in [3.8, 4) is 11.5 Å². The number of nitrogens with zero attached hydrogens (tertiary/aromatic N) is 1. The molecule has 1 atom stereocenters. The van der Waals surface area contributed by atoms with Gasteiger partial charge in [-0.1, -0.05) is 6.07 Å². The summed E-state index contributed by atoms with van der Waals surface area (Å²) >= 11 is 0. The number of methoxy groups -OCH3 is 3. The minimum Gasteiger partial charge on any atom is -0.496 e. The van der Waals surface area contributed by atoms with Crippen LogP contribution in [0.3, 0.4) is 0 Å². The predicted molar refractivity (Wildman–Crippen MR) is 109 cm³/mol. The van der Waals surface area contributed by atoms with Crippen molar-refractivity contribution >= 4 is 5.78 Å². The van der Waals surface area contributed by atoms with Crippen LogP contribution in [0.2, 0.25) is 0 Å². The van der Waals surface area contributed by atoms with E-state index in [4.69, 9.17) is 14.2 Å². The average Bonchev–Trinajstić information content (AvgIpc) is 2.74. The van der Waals surface area contributed by atoms with E-state index in [9.17, 15) is 9.18 Å². The minimum atomic E-state index is -0.505. The molecule has 0 aliphatic carbocycles. The highest BCUT2D eigenvalue weighted by Crippen LogP contribution is 2.26. The predicted octanol–water partition coefficient (Wildman–Crippen LogP) is 4.08. The van der Waals surface area contributed by atoms with Crippen LogP contribution in [0.15, 0.2) is 36.4 Å². The summed E-state index contributed by atoms with van der Waals surface area (Å²) in [6.07, 6.45) is 1.76. The van der Waals surface area contributed by atoms with Gasteiger partial charge in [-0.05, 0) is 55.3 Å². The Morgan fingerprint density at radius 2 is 1.86 bits per heavy atom. The maximum Gasteiger partial charge on any atom is 0.167 e. The summed E-state index contributed by atoms with van der Waals surface area (Å²) in [6.45, 7) is 2.84. The van der Waals surface area contributed by atoms with Crippen LogP contribution in [0.5, 0.6) is 11.5 Å². The molecule has 0 radical (unpaired) electrons. The molecule has 5 nitrogen and oxygen atoms in total. The van der Waals surface area contributed by atoms with Crippen molar-refractivity contribution in [3.05, 3.63) is 58.9 Å². The number of carbonyl (C=O) groups is 1. The maximum absolute atomic E-state index is 14.0. The fourth-order valence-corrected chi connectivity index (χ4v) is 3.93. The molecule has 0 unspecified atom stereocenters. The van der Waals surface area contributed by atoms with E-state index < -0.39 is 5.82 Å². The number of hydrogen-bond acceptors (Lipinski definition) is 5. The Bertz CT molecular complexity index is 855. The lowest BCUT2D eigenvalue weighted by atomic mass is 9.89. The van der Waals surface area contributed by atoms with Crippen molar-refractivity contribution in [1.29, 1.82) is 0 Å². The van der Waals surface area contributed by atoms with E-state index in [1.165, 1.54) is 19.2 Å². The van der Waals surface area contributed by atoms with Gasteiger partial charge < -0.3 is 14.2 Å². The van der Waals surface area contributed by atoms with Crippen LogP contribution in [0.1, 0.15) is 34.3 Å². The molecule has 29 heavy (non-hydrogen) atoms. The van der Waals surface area contributed by atoms with Crippen LogP contribution < -0.4 is 9.47 Å². The summed E-state index contributed by atoms with van der Waals surface area (Å²) in [4.78, 5) is 15.2. The molecule has 0 saturated carbocycles. The second kappa shape index (κ2) is 9.85. The average molecular weight is 401 g/mol. The molecule has 1 heterocycles. The fraction of sp³-hybridized carbons (Fsp3) is 0.435. The Hall–Kier alpha value is -2.44. The lowest BCUT2D eigenvalue weighted by Gasteiger charge is -2.32. The van der Waals surface area contributed by atoms with Crippen LogP contribution in [-0.2, 0) is 17.9 Å². The van der Waals surface area contributed by atoms with Gasteiger partial charge in [-0.15, -0.1) is 0 Å². The molecule has 2 aromatic carbocycles. The smallest absolute Gasteiger partial charge is 0.167 e. The van der Waals surface area contributed by atoms with Gasteiger partial charge in [0.1, 0.15) is 5.75 Å². The molecular formula is C23H28FNO4. The number of rotatable bonds is 8. The van der Waals surface area contributed by atoms with E-state index >= 15 is 0 Å². The monoisotopic (exact) mass is 401 g/mol.